The normalized spacial score (nSPS) is 10.4. The Bertz CT molecular complexity index is 468. The van der Waals surface area contributed by atoms with Crippen molar-refractivity contribution in [3.63, 3.8) is 0 Å². The van der Waals surface area contributed by atoms with Crippen molar-refractivity contribution in [2.75, 3.05) is 6.61 Å². The van der Waals surface area contributed by atoms with Crippen molar-refractivity contribution in [3.8, 4) is 0 Å². The minimum Gasteiger partial charge on any atom is -0.461 e. The maximum absolute atomic E-state index is 11.4. The lowest BCUT2D eigenvalue weighted by Crippen LogP contribution is -2.08. The van der Waals surface area contributed by atoms with Crippen molar-refractivity contribution >= 4 is 27.5 Å². The summed E-state index contributed by atoms with van der Waals surface area (Å²) in [6, 6.07) is 0. The molecular weight excluding hydrogens is 202 g/mol. The fraction of sp³-hybridized carbons (Fsp3) is 0.250. The highest BCUT2D eigenvalue weighted by Crippen LogP contribution is 2.18. The van der Waals surface area contributed by atoms with E-state index in [1.54, 1.807) is 18.6 Å². The number of hydrogen-bond acceptors (Lipinski definition) is 6. The number of rotatable bonds is 2. The van der Waals surface area contributed by atoms with Gasteiger partial charge in [0.15, 0.2) is 5.69 Å². The summed E-state index contributed by atoms with van der Waals surface area (Å²) >= 11 is 1.42. The van der Waals surface area contributed by atoms with Gasteiger partial charge in [-0.25, -0.2) is 9.78 Å². The van der Waals surface area contributed by atoms with E-state index < -0.39 is 5.97 Å². The summed E-state index contributed by atoms with van der Waals surface area (Å²) in [6.07, 6.45) is 1.58. The molecule has 72 valence electrons. The third kappa shape index (κ3) is 1.44. The summed E-state index contributed by atoms with van der Waals surface area (Å²) in [6.45, 7) is 2.06. The molecule has 0 fully saturated rings. The molecule has 0 aliphatic carbocycles. The molecule has 0 aromatic carbocycles. The van der Waals surface area contributed by atoms with Gasteiger partial charge in [-0.3, -0.25) is 0 Å². The van der Waals surface area contributed by atoms with Crippen molar-refractivity contribution in [2.24, 2.45) is 0 Å². The van der Waals surface area contributed by atoms with Gasteiger partial charge in [0.25, 0.3) is 0 Å². The van der Waals surface area contributed by atoms with Crippen LogP contribution in [0.4, 0.5) is 0 Å². The Morgan fingerprint density at radius 2 is 2.50 bits per heavy atom. The van der Waals surface area contributed by atoms with Crippen LogP contribution in [-0.4, -0.2) is 27.8 Å². The van der Waals surface area contributed by atoms with Crippen molar-refractivity contribution in [1.82, 2.24) is 15.2 Å². The predicted molar refractivity (Wildman–Crippen MR) is 51.2 cm³/mol. The molecule has 0 atom stereocenters. The van der Waals surface area contributed by atoms with E-state index in [1.165, 1.54) is 11.3 Å². The number of esters is 1. The number of carbonyl (C=O) groups is 1. The highest BCUT2D eigenvalue weighted by molar-refractivity contribution is 7.16. The van der Waals surface area contributed by atoms with Crippen LogP contribution in [0.25, 0.3) is 10.2 Å². The number of carbonyl (C=O) groups excluding carboxylic acids is 1. The molecule has 0 unspecified atom stereocenters. The van der Waals surface area contributed by atoms with E-state index >= 15 is 0 Å². The number of hydrogen-bond donors (Lipinski definition) is 0. The molecule has 5 nitrogen and oxygen atoms in total. The monoisotopic (exact) mass is 209 g/mol. The Labute approximate surface area is 83.8 Å². The van der Waals surface area contributed by atoms with E-state index in [2.05, 4.69) is 15.2 Å². The number of ether oxygens (including phenoxy) is 1. The number of thiazole rings is 1. The van der Waals surface area contributed by atoms with Crippen LogP contribution < -0.4 is 0 Å². The average Bonchev–Trinajstić information content (AvgIpc) is 2.65. The molecule has 0 amide bonds. The van der Waals surface area contributed by atoms with Gasteiger partial charge in [0, 0.05) is 0 Å². The van der Waals surface area contributed by atoms with Gasteiger partial charge < -0.3 is 4.74 Å². The van der Waals surface area contributed by atoms with Gasteiger partial charge in [-0.2, -0.15) is 5.10 Å². The second-order valence-corrected chi connectivity index (χ2v) is 3.37. The average molecular weight is 209 g/mol. The molecule has 0 saturated heterocycles. The third-order valence-corrected chi connectivity index (χ3v) is 2.38. The molecule has 0 N–H and O–H groups in total. The van der Waals surface area contributed by atoms with Gasteiger partial charge in [0.2, 0.25) is 0 Å². The lowest BCUT2D eigenvalue weighted by atomic mass is 10.3. The van der Waals surface area contributed by atoms with Crippen LogP contribution >= 0.6 is 11.3 Å². The Hall–Kier alpha value is -1.56. The fourth-order valence-electron chi connectivity index (χ4n) is 1.05. The van der Waals surface area contributed by atoms with Crippen LogP contribution in [0.1, 0.15) is 17.4 Å². The summed E-state index contributed by atoms with van der Waals surface area (Å²) in [5.74, 6) is -0.475. The quantitative estimate of drug-likeness (QED) is 0.697. The zero-order chi connectivity index (χ0) is 9.97. The Morgan fingerprint density at radius 3 is 3.29 bits per heavy atom. The summed E-state index contributed by atoms with van der Waals surface area (Å²) < 4.78 is 5.66. The van der Waals surface area contributed by atoms with Gasteiger partial charge >= 0.3 is 5.97 Å². The number of nitrogens with zero attached hydrogens (tertiary/aromatic N) is 3. The Kier molecular flexibility index (Phi) is 2.36. The van der Waals surface area contributed by atoms with Crippen molar-refractivity contribution in [3.05, 3.63) is 17.4 Å². The molecule has 0 radical (unpaired) electrons. The van der Waals surface area contributed by atoms with E-state index in [0.717, 1.165) is 4.70 Å². The molecule has 6 heteroatoms. The molecule has 0 saturated carbocycles. The highest BCUT2D eigenvalue weighted by atomic mass is 32.1. The van der Waals surface area contributed by atoms with Gasteiger partial charge in [-0.15, -0.1) is 16.4 Å². The standard InChI is InChI=1S/C8H7N3O2S/c1-2-13-8(12)7-6-5(3-10-11-7)14-4-9-6/h3-4H,2H2,1H3. The summed E-state index contributed by atoms with van der Waals surface area (Å²) in [5, 5.41) is 7.43. The SMILES string of the molecule is CCOC(=O)c1nncc2scnc12. The zero-order valence-corrected chi connectivity index (χ0v) is 8.24. The molecule has 2 aromatic heterocycles. The molecule has 0 aliphatic rings. The number of fused-ring (bicyclic) bond motifs is 1. The van der Waals surface area contributed by atoms with Crippen LogP contribution in [0.5, 0.6) is 0 Å². The molecular formula is C8H7N3O2S. The second kappa shape index (κ2) is 3.67. The fourth-order valence-corrected chi connectivity index (χ4v) is 1.69. The van der Waals surface area contributed by atoms with E-state index in [-0.39, 0.29) is 5.69 Å². The van der Waals surface area contributed by atoms with Crippen molar-refractivity contribution in [2.45, 2.75) is 6.92 Å². The van der Waals surface area contributed by atoms with Gasteiger partial charge in [0.05, 0.1) is 23.0 Å². The molecule has 0 spiro atoms. The molecule has 2 rings (SSSR count). The maximum Gasteiger partial charge on any atom is 0.361 e. The third-order valence-electron chi connectivity index (χ3n) is 1.62. The van der Waals surface area contributed by atoms with Gasteiger partial charge in [-0.1, -0.05) is 0 Å². The van der Waals surface area contributed by atoms with Gasteiger partial charge in [-0.05, 0) is 6.92 Å². The zero-order valence-electron chi connectivity index (χ0n) is 7.43. The lowest BCUT2D eigenvalue weighted by molar-refractivity contribution is 0.0520. The van der Waals surface area contributed by atoms with Crippen LogP contribution in [-0.2, 0) is 4.74 Å². The number of aromatic nitrogens is 3. The first-order valence-electron chi connectivity index (χ1n) is 4.05. The predicted octanol–water partition coefficient (Wildman–Crippen LogP) is 1.26. The second-order valence-electron chi connectivity index (χ2n) is 2.48. The van der Waals surface area contributed by atoms with E-state index in [0.29, 0.717) is 12.1 Å². The molecule has 0 aliphatic heterocycles. The first kappa shape index (κ1) is 9.01. The van der Waals surface area contributed by atoms with Crippen LogP contribution in [0.2, 0.25) is 0 Å². The van der Waals surface area contributed by atoms with E-state index in [9.17, 15) is 4.79 Å². The van der Waals surface area contributed by atoms with Crippen LogP contribution in [0, 0.1) is 0 Å². The first-order valence-corrected chi connectivity index (χ1v) is 4.93. The van der Waals surface area contributed by atoms with E-state index in [1.807, 2.05) is 0 Å². The molecule has 2 heterocycles. The van der Waals surface area contributed by atoms with Crippen molar-refractivity contribution < 1.29 is 9.53 Å². The highest BCUT2D eigenvalue weighted by Gasteiger charge is 2.15. The summed E-state index contributed by atoms with van der Waals surface area (Å²) in [7, 11) is 0. The smallest absolute Gasteiger partial charge is 0.361 e. The topological polar surface area (TPSA) is 65.0 Å². The Morgan fingerprint density at radius 1 is 1.64 bits per heavy atom. The van der Waals surface area contributed by atoms with Crippen LogP contribution in [0.3, 0.4) is 0 Å². The minimum atomic E-state index is -0.475. The molecule has 14 heavy (non-hydrogen) atoms. The molecule has 2 aromatic rings. The van der Waals surface area contributed by atoms with Crippen LogP contribution in [0.15, 0.2) is 11.7 Å². The largest absolute Gasteiger partial charge is 0.461 e. The van der Waals surface area contributed by atoms with E-state index in [4.69, 9.17) is 4.74 Å². The van der Waals surface area contributed by atoms with Gasteiger partial charge in [0.1, 0.15) is 5.52 Å². The summed E-state index contributed by atoms with van der Waals surface area (Å²) in [5.41, 5.74) is 2.39. The van der Waals surface area contributed by atoms with Crippen molar-refractivity contribution in [1.29, 1.82) is 0 Å². The maximum atomic E-state index is 11.4. The Balaban J connectivity index is 2.50. The molecule has 0 bridgehead atoms. The first-order chi connectivity index (χ1) is 6.83. The lowest BCUT2D eigenvalue weighted by Gasteiger charge is -1.99. The summed E-state index contributed by atoms with van der Waals surface area (Å²) in [4.78, 5) is 15.4. The minimum absolute atomic E-state index is 0.186.